The smallest absolute Gasteiger partial charge is 0.303 e. The maximum atomic E-state index is 14.0. The second-order valence-corrected chi connectivity index (χ2v) is 8.84. The molecule has 1 amide bonds. The molecule has 1 unspecified atom stereocenters. The Morgan fingerprint density at radius 3 is 2.45 bits per heavy atom. The summed E-state index contributed by atoms with van der Waals surface area (Å²) in [5, 5.41) is 6.08. The fourth-order valence-corrected chi connectivity index (χ4v) is 4.10. The summed E-state index contributed by atoms with van der Waals surface area (Å²) in [5.41, 5.74) is 1.49. The van der Waals surface area contributed by atoms with Crippen LogP contribution in [0.3, 0.4) is 0 Å². The number of Topliss-reactive ketones (excluding diaryl/α,β-unsaturated/α-hetero) is 1. The van der Waals surface area contributed by atoms with E-state index in [-0.39, 0.29) is 6.54 Å². The van der Waals surface area contributed by atoms with Crippen LogP contribution in [0.2, 0.25) is 5.02 Å². The van der Waals surface area contributed by atoms with Gasteiger partial charge in [-0.2, -0.15) is 0 Å². The van der Waals surface area contributed by atoms with Crippen LogP contribution in [0, 0.1) is 0 Å². The summed E-state index contributed by atoms with van der Waals surface area (Å²) in [5.74, 6) is -2.48. The second-order valence-electron chi connectivity index (χ2n) is 8.40. The summed E-state index contributed by atoms with van der Waals surface area (Å²) in [6.07, 6.45) is -0.422. The molecule has 1 aliphatic rings. The van der Waals surface area contributed by atoms with E-state index in [4.69, 9.17) is 25.8 Å². The highest BCUT2D eigenvalue weighted by atomic mass is 35.5. The molecule has 1 aromatic heterocycles. The highest BCUT2D eigenvalue weighted by Crippen LogP contribution is 2.42. The van der Waals surface area contributed by atoms with E-state index < -0.39 is 41.9 Å². The lowest BCUT2D eigenvalue weighted by Crippen LogP contribution is -2.51. The number of hydrogen-bond acceptors (Lipinski definition) is 9. The first-order valence-electron chi connectivity index (χ1n) is 11.6. The average Bonchev–Trinajstić information content (AvgIpc) is 3.05. The molecule has 0 spiro atoms. The summed E-state index contributed by atoms with van der Waals surface area (Å²) in [6.45, 7) is 2.21. The van der Waals surface area contributed by atoms with Gasteiger partial charge in [0.1, 0.15) is 11.8 Å². The molecular formula is C27H24ClN3O7. The zero-order chi connectivity index (χ0) is 27.2. The average molecular weight is 538 g/mol. The van der Waals surface area contributed by atoms with Crippen LogP contribution in [0.4, 0.5) is 5.69 Å². The first-order chi connectivity index (χ1) is 18.2. The Morgan fingerprint density at radius 1 is 1.00 bits per heavy atom. The molecule has 0 saturated heterocycles. The lowest BCUT2D eigenvalue weighted by Gasteiger charge is -2.28. The van der Waals surface area contributed by atoms with Crippen LogP contribution in [-0.4, -0.2) is 40.8 Å². The Morgan fingerprint density at radius 2 is 1.74 bits per heavy atom. The molecule has 196 valence electrons. The predicted molar refractivity (Wildman–Crippen MR) is 137 cm³/mol. The number of rotatable bonds is 8. The van der Waals surface area contributed by atoms with Crippen LogP contribution in [0.25, 0.3) is 0 Å². The molecule has 3 aromatic rings. The molecule has 0 bridgehead atoms. The lowest BCUT2D eigenvalue weighted by atomic mass is 9.95. The number of ether oxygens (including phenoxy) is 3. The van der Waals surface area contributed by atoms with Crippen LogP contribution < -0.4 is 15.4 Å². The standard InChI is InChI=1S/C27H24ClN3O7/c1-15(32)36-25(26(37-16(2)33)27(35)30-14-17-6-5-11-29-13-17)24(34)23-19-7-3-4-8-21(19)38-22-10-9-18(28)12-20(22)31-23/h3-13,23,25-26,31H,14H2,1-2H3,(H,30,35)/t23?,25-,26+/m0/s1. The fraction of sp³-hybridized carbons (Fsp3) is 0.222. The zero-order valence-electron chi connectivity index (χ0n) is 20.5. The number of esters is 2. The highest BCUT2D eigenvalue weighted by Gasteiger charge is 2.44. The Bertz CT molecular complexity index is 1370. The molecule has 3 atom stereocenters. The number of carbonyl (C=O) groups is 4. The van der Waals surface area contributed by atoms with Gasteiger partial charge in [-0.3, -0.25) is 24.2 Å². The molecule has 4 rings (SSSR count). The number of hydrogen-bond donors (Lipinski definition) is 2. The lowest BCUT2D eigenvalue weighted by molar-refractivity contribution is -0.174. The van der Waals surface area contributed by atoms with Gasteiger partial charge in [-0.05, 0) is 35.9 Å². The third-order valence-corrected chi connectivity index (χ3v) is 5.80. The van der Waals surface area contributed by atoms with E-state index in [1.165, 1.54) is 0 Å². The van der Waals surface area contributed by atoms with E-state index in [1.807, 2.05) is 0 Å². The van der Waals surface area contributed by atoms with Crippen molar-refractivity contribution in [2.75, 3.05) is 5.32 Å². The Balaban J connectivity index is 1.70. The minimum Gasteiger partial charge on any atom is -0.455 e. The Hall–Kier alpha value is -4.44. The minimum atomic E-state index is -1.78. The molecule has 0 radical (unpaired) electrons. The zero-order valence-corrected chi connectivity index (χ0v) is 21.2. The van der Waals surface area contributed by atoms with Crippen LogP contribution in [0.5, 0.6) is 11.5 Å². The number of carbonyl (C=O) groups excluding carboxylic acids is 4. The van der Waals surface area contributed by atoms with E-state index in [0.29, 0.717) is 33.3 Å². The third-order valence-electron chi connectivity index (χ3n) is 5.57. The van der Waals surface area contributed by atoms with Gasteiger partial charge in [0.2, 0.25) is 18.0 Å². The van der Waals surface area contributed by atoms with Crippen molar-refractivity contribution in [3.63, 3.8) is 0 Å². The van der Waals surface area contributed by atoms with Gasteiger partial charge >= 0.3 is 11.9 Å². The molecule has 2 N–H and O–H groups in total. The first kappa shape index (κ1) is 26.6. The van der Waals surface area contributed by atoms with Crippen LogP contribution in [-0.2, 0) is 35.2 Å². The highest BCUT2D eigenvalue weighted by molar-refractivity contribution is 6.31. The Kier molecular flexibility index (Phi) is 8.22. The second kappa shape index (κ2) is 11.7. The molecule has 38 heavy (non-hydrogen) atoms. The maximum Gasteiger partial charge on any atom is 0.303 e. The number of nitrogens with zero attached hydrogens (tertiary/aromatic N) is 1. The normalized spacial score (nSPS) is 15.2. The minimum absolute atomic E-state index is 0.0373. The van der Waals surface area contributed by atoms with E-state index in [0.717, 1.165) is 13.8 Å². The number of nitrogens with one attached hydrogen (secondary N) is 2. The largest absolute Gasteiger partial charge is 0.455 e. The van der Waals surface area contributed by atoms with Crippen molar-refractivity contribution in [3.05, 3.63) is 83.1 Å². The summed E-state index contributed by atoms with van der Waals surface area (Å²) < 4.78 is 16.6. The predicted octanol–water partition coefficient (Wildman–Crippen LogP) is 3.74. The first-order valence-corrected chi connectivity index (χ1v) is 12.0. The van der Waals surface area contributed by atoms with Crippen molar-refractivity contribution >= 4 is 40.9 Å². The van der Waals surface area contributed by atoms with E-state index >= 15 is 0 Å². The quantitative estimate of drug-likeness (QED) is 0.412. The number of amides is 1. The van der Waals surface area contributed by atoms with Gasteiger partial charge in [-0.15, -0.1) is 0 Å². The number of anilines is 1. The number of halogens is 1. The molecule has 11 heteroatoms. The number of fused-ring (bicyclic) bond motifs is 2. The van der Waals surface area contributed by atoms with Crippen molar-refractivity contribution in [2.24, 2.45) is 0 Å². The summed E-state index contributed by atoms with van der Waals surface area (Å²) >= 11 is 6.17. The van der Waals surface area contributed by atoms with Gasteiger partial charge in [0.15, 0.2) is 5.75 Å². The SMILES string of the molecule is CC(=O)O[C@@H](C(=O)NCc1cccnc1)[C@@H](OC(C)=O)C(=O)C1Nc2cc(Cl)ccc2Oc2ccccc21. The molecule has 10 nitrogen and oxygen atoms in total. The maximum absolute atomic E-state index is 14.0. The number of aromatic nitrogens is 1. The summed E-state index contributed by atoms with van der Waals surface area (Å²) in [6, 6.07) is 13.9. The molecule has 0 fully saturated rings. The van der Waals surface area contributed by atoms with Crippen LogP contribution in [0.15, 0.2) is 67.0 Å². The van der Waals surface area contributed by atoms with Gasteiger partial charge in [-0.1, -0.05) is 35.9 Å². The van der Waals surface area contributed by atoms with Gasteiger partial charge in [-0.25, -0.2) is 0 Å². The van der Waals surface area contributed by atoms with Crippen molar-refractivity contribution in [1.29, 1.82) is 0 Å². The molecule has 1 aliphatic heterocycles. The molecule has 2 heterocycles. The molecular weight excluding hydrogens is 514 g/mol. The summed E-state index contributed by atoms with van der Waals surface area (Å²) in [7, 11) is 0. The molecule has 0 saturated carbocycles. The number of pyridine rings is 1. The van der Waals surface area contributed by atoms with Crippen LogP contribution >= 0.6 is 11.6 Å². The van der Waals surface area contributed by atoms with Gasteiger partial charge in [0, 0.05) is 43.4 Å². The van der Waals surface area contributed by atoms with E-state index in [9.17, 15) is 19.2 Å². The van der Waals surface area contributed by atoms with E-state index in [2.05, 4.69) is 15.6 Å². The summed E-state index contributed by atoms with van der Waals surface area (Å²) in [4.78, 5) is 55.3. The van der Waals surface area contributed by atoms with Crippen LogP contribution in [0.1, 0.15) is 31.0 Å². The molecule has 2 aromatic carbocycles. The van der Waals surface area contributed by atoms with Crippen molar-refractivity contribution in [2.45, 2.75) is 38.6 Å². The van der Waals surface area contributed by atoms with Gasteiger partial charge in [0.25, 0.3) is 5.91 Å². The molecule has 0 aliphatic carbocycles. The van der Waals surface area contributed by atoms with E-state index in [1.54, 1.807) is 67.0 Å². The van der Waals surface area contributed by atoms with Crippen molar-refractivity contribution in [1.82, 2.24) is 10.3 Å². The topological polar surface area (TPSA) is 133 Å². The third kappa shape index (κ3) is 6.27. The van der Waals surface area contributed by atoms with Crippen molar-refractivity contribution < 1.29 is 33.4 Å². The fourth-order valence-electron chi connectivity index (χ4n) is 3.93. The Labute approximate surface area is 223 Å². The van der Waals surface area contributed by atoms with Gasteiger partial charge in [0.05, 0.1) is 5.69 Å². The van der Waals surface area contributed by atoms with Crippen molar-refractivity contribution in [3.8, 4) is 11.5 Å². The number of ketones is 1. The monoisotopic (exact) mass is 537 g/mol. The number of para-hydroxylation sites is 1. The number of benzene rings is 2. The van der Waals surface area contributed by atoms with Gasteiger partial charge < -0.3 is 24.8 Å².